The minimum atomic E-state index is -3.68. The minimum absolute atomic E-state index is 0. The van der Waals surface area contributed by atoms with Crippen LogP contribution < -0.4 is 25.2 Å². The predicted molar refractivity (Wildman–Crippen MR) is 139 cm³/mol. The lowest BCUT2D eigenvalue weighted by Crippen LogP contribution is -2.37. The fraction of sp³-hybridized carbons (Fsp3) is 0.409. The van der Waals surface area contributed by atoms with E-state index in [4.69, 9.17) is 14.6 Å². The Kier molecular flexibility index (Phi) is 12.4. The lowest BCUT2D eigenvalue weighted by molar-refractivity contribution is 0.310. The molecule has 0 unspecified atom stereocenters. The highest BCUT2D eigenvalue weighted by molar-refractivity contribution is 14.0. The van der Waals surface area contributed by atoms with E-state index in [0.29, 0.717) is 19.1 Å². The summed E-state index contributed by atoms with van der Waals surface area (Å²) >= 11 is 0. The second-order valence-electron chi connectivity index (χ2n) is 6.83. The molecule has 0 spiro atoms. The first-order chi connectivity index (χ1) is 14.9. The molecular formula is C22H33IN4O4S. The summed E-state index contributed by atoms with van der Waals surface area (Å²) in [5, 5.41) is 11.7. The molecule has 2 aromatic rings. The lowest BCUT2D eigenvalue weighted by Gasteiger charge is -2.13. The maximum absolute atomic E-state index is 11.3. The molecule has 0 fully saturated rings. The van der Waals surface area contributed by atoms with Crippen molar-refractivity contribution in [2.75, 3.05) is 26.8 Å². The first-order valence-electron chi connectivity index (χ1n) is 10.3. The average molecular weight is 577 g/mol. The van der Waals surface area contributed by atoms with E-state index in [1.807, 2.05) is 32.0 Å². The van der Waals surface area contributed by atoms with Crippen molar-refractivity contribution in [1.82, 2.24) is 10.6 Å². The zero-order valence-corrected chi connectivity index (χ0v) is 21.9. The molecule has 4 N–H and O–H groups in total. The fourth-order valence-electron chi connectivity index (χ4n) is 2.94. The van der Waals surface area contributed by atoms with Crippen molar-refractivity contribution in [3.8, 4) is 11.5 Å². The Morgan fingerprint density at radius 3 is 2.31 bits per heavy atom. The quantitative estimate of drug-likeness (QED) is 0.164. The zero-order valence-electron chi connectivity index (χ0n) is 18.8. The molecule has 32 heavy (non-hydrogen) atoms. The lowest BCUT2D eigenvalue weighted by atomic mass is 10.1. The minimum Gasteiger partial charge on any atom is -0.493 e. The van der Waals surface area contributed by atoms with Gasteiger partial charge in [0.05, 0.1) is 25.2 Å². The van der Waals surface area contributed by atoms with Gasteiger partial charge in [-0.3, -0.25) is 0 Å². The number of benzene rings is 2. The Hall–Kier alpha value is -2.05. The van der Waals surface area contributed by atoms with Crippen LogP contribution in [0.2, 0.25) is 0 Å². The number of sulfonamides is 1. The molecule has 0 aromatic heterocycles. The number of ether oxygens (including phenoxy) is 2. The number of primary sulfonamides is 1. The highest BCUT2D eigenvalue weighted by atomic mass is 127. The highest BCUT2D eigenvalue weighted by Crippen LogP contribution is 2.28. The van der Waals surface area contributed by atoms with Crippen molar-refractivity contribution in [3.63, 3.8) is 0 Å². The standard InChI is InChI=1S/C22H32N4O4S.HI/c1-4-24-22(26-16-18-8-11-19(12-9-18)31(23,27)28)25-14-6-7-17-10-13-20(29-3)21(15-17)30-5-2;/h8-13,15H,4-7,14,16H2,1-3H3,(H2,23,27,28)(H2,24,25,26);1H. The number of halogens is 1. The third-order valence-corrected chi connectivity index (χ3v) is 5.41. The predicted octanol–water partition coefficient (Wildman–Crippen LogP) is 3.05. The molecule has 8 nitrogen and oxygen atoms in total. The van der Waals surface area contributed by atoms with Crippen LogP contribution in [0.25, 0.3) is 0 Å². The molecular weight excluding hydrogens is 543 g/mol. The monoisotopic (exact) mass is 576 g/mol. The van der Waals surface area contributed by atoms with E-state index in [1.54, 1.807) is 19.2 Å². The Morgan fingerprint density at radius 1 is 1.03 bits per heavy atom. The molecule has 0 radical (unpaired) electrons. The number of hydrogen-bond acceptors (Lipinski definition) is 5. The van der Waals surface area contributed by atoms with Crippen molar-refractivity contribution in [2.45, 2.75) is 38.1 Å². The summed E-state index contributed by atoms with van der Waals surface area (Å²) < 4.78 is 33.7. The van der Waals surface area contributed by atoms with Gasteiger partial charge in [0, 0.05) is 13.1 Å². The summed E-state index contributed by atoms with van der Waals surface area (Å²) in [7, 11) is -2.05. The Bertz CT molecular complexity index is 966. The molecule has 0 saturated carbocycles. The number of nitrogens with two attached hydrogens (primary N) is 1. The van der Waals surface area contributed by atoms with Gasteiger partial charge in [0.1, 0.15) is 0 Å². The number of hydrogen-bond donors (Lipinski definition) is 3. The number of aliphatic imine (C=N–C) groups is 1. The van der Waals surface area contributed by atoms with Crippen LogP contribution >= 0.6 is 24.0 Å². The first kappa shape index (κ1) is 28.0. The fourth-order valence-corrected chi connectivity index (χ4v) is 3.46. The Morgan fingerprint density at radius 2 is 1.72 bits per heavy atom. The number of rotatable bonds is 11. The van der Waals surface area contributed by atoms with Crippen LogP contribution in [0.1, 0.15) is 31.4 Å². The summed E-state index contributed by atoms with van der Waals surface area (Å²) in [5.74, 6) is 2.21. The number of guanidine groups is 1. The summed E-state index contributed by atoms with van der Waals surface area (Å²) in [6.45, 7) is 6.47. The molecule has 0 heterocycles. The molecule has 0 aliphatic heterocycles. The van der Waals surface area contributed by atoms with E-state index in [1.165, 1.54) is 17.7 Å². The third kappa shape index (κ3) is 9.21. The number of aryl methyl sites for hydroxylation is 1. The number of nitrogens with one attached hydrogen (secondary N) is 2. The number of nitrogens with zero attached hydrogens (tertiary/aromatic N) is 1. The Labute approximate surface area is 208 Å². The number of methoxy groups -OCH3 is 1. The second kappa shape index (κ2) is 14.2. The zero-order chi connectivity index (χ0) is 22.7. The van der Waals surface area contributed by atoms with Gasteiger partial charge >= 0.3 is 0 Å². The normalized spacial score (nSPS) is 11.4. The molecule has 0 aliphatic carbocycles. The smallest absolute Gasteiger partial charge is 0.238 e. The summed E-state index contributed by atoms with van der Waals surface area (Å²) in [6, 6.07) is 12.4. The van der Waals surface area contributed by atoms with Gasteiger partial charge in [-0.15, -0.1) is 24.0 Å². The second-order valence-corrected chi connectivity index (χ2v) is 8.39. The third-order valence-electron chi connectivity index (χ3n) is 4.48. The van der Waals surface area contributed by atoms with Crippen LogP contribution in [0.4, 0.5) is 0 Å². The maximum Gasteiger partial charge on any atom is 0.238 e. The van der Waals surface area contributed by atoms with Gasteiger partial charge in [0.15, 0.2) is 17.5 Å². The van der Waals surface area contributed by atoms with E-state index in [9.17, 15) is 8.42 Å². The largest absolute Gasteiger partial charge is 0.493 e. The van der Waals surface area contributed by atoms with E-state index in [2.05, 4.69) is 15.6 Å². The molecule has 178 valence electrons. The van der Waals surface area contributed by atoms with Crippen LogP contribution in [0.15, 0.2) is 52.4 Å². The molecule has 0 amide bonds. The van der Waals surface area contributed by atoms with Crippen molar-refractivity contribution < 1.29 is 17.9 Å². The van der Waals surface area contributed by atoms with Crippen molar-refractivity contribution in [1.29, 1.82) is 0 Å². The van der Waals surface area contributed by atoms with Crippen molar-refractivity contribution >= 4 is 40.0 Å². The van der Waals surface area contributed by atoms with Gasteiger partial charge in [-0.2, -0.15) is 0 Å². The van der Waals surface area contributed by atoms with Crippen molar-refractivity contribution in [2.24, 2.45) is 10.1 Å². The molecule has 2 rings (SSSR count). The van der Waals surface area contributed by atoms with E-state index < -0.39 is 10.0 Å². The van der Waals surface area contributed by atoms with Crippen LogP contribution in [-0.2, 0) is 23.0 Å². The van der Waals surface area contributed by atoms with E-state index in [0.717, 1.165) is 43.0 Å². The summed E-state index contributed by atoms with van der Waals surface area (Å²) in [6.07, 6.45) is 1.82. The van der Waals surface area contributed by atoms with Gasteiger partial charge < -0.3 is 20.1 Å². The highest BCUT2D eigenvalue weighted by Gasteiger charge is 2.07. The molecule has 0 aliphatic rings. The molecule has 10 heteroatoms. The summed E-state index contributed by atoms with van der Waals surface area (Å²) in [5.41, 5.74) is 2.08. The van der Waals surface area contributed by atoms with Crippen molar-refractivity contribution in [3.05, 3.63) is 53.6 Å². The van der Waals surface area contributed by atoms with Gasteiger partial charge in [0.2, 0.25) is 10.0 Å². The SMILES string of the molecule is CCNC(=NCc1ccc(S(N)(=O)=O)cc1)NCCCc1ccc(OC)c(OCC)c1.I. The topological polar surface area (TPSA) is 115 Å². The van der Waals surface area contributed by atoms with E-state index in [-0.39, 0.29) is 28.9 Å². The van der Waals surface area contributed by atoms with Crippen LogP contribution in [-0.4, -0.2) is 41.2 Å². The first-order valence-corrected chi connectivity index (χ1v) is 11.9. The van der Waals surface area contributed by atoms with Gasteiger partial charge in [-0.25, -0.2) is 18.5 Å². The maximum atomic E-state index is 11.3. The van der Waals surface area contributed by atoms with E-state index >= 15 is 0 Å². The van der Waals surface area contributed by atoms with Gasteiger partial charge in [-0.05, 0) is 62.1 Å². The van der Waals surface area contributed by atoms with Gasteiger partial charge in [-0.1, -0.05) is 18.2 Å². The van der Waals surface area contributed by atoms with Crippen LogP contribution in [0, 0.1) is 0 Å². The molecule has 0 atom stereocenters. The average Bonchev–Trinajstić information content (AvgIpc) is 2.75. The molecule has 0 saturated heterocycles. The van der Waals surface area contributed by atoms with Gasteiger partial charge in [0.25, 0.3) is 0 Å². The summed E-state index contributed by atoms with van der Waals surface area (Å²) in [4.78, 5) is 4.65. The van der Waals surface area contributed by atoms with Crippen LogP contribution in [0.3, 0.4) is 0 Å². The molecule has 0 bridgehead atoms. The molecule has 2 aromatic carbocycles. The van der Waals surface area contributed by atoms with Crippen LogP contribution in [0.5, 0.6) is 11.5 Å². The Balaban J connectivity index is 0.00000512.